The summed E-state index contributed by atoms with van der Waals surface area (Å²) in [5, 5.41) is 0. The predicted octanol–water partition coefficient (Wildman–Crippen LogP) is 3.43. The number of ether oxygens (including phenoxy) is 3. The molecule has 1 aromatic carbocycles. The quantitative estimate of drug-likeness (QED) is 0.669. The van der Waals surface area contributed by atoms with Crippen LogP contribution in [0, 0.1) is 10.8 Å². The molecule has 6 heteroatoms. The fraction of sp³-hybridized carbons (Fsp3) is 0.636. The average molecular weight is 389 g/mol. The monoisotopic (exact) mass is 389 g/mol. The standard InChI is InChI=1S/C22H31NO5/c1-5-26-17-8-6-7-9-18(17)27-13-20(25)28-12-19(24)23-15-22(4)11-16(23)10-21(2,3)14-22/h6-9,16H,5,10-15H2,1-4H3. The van der Waals surface area contributed by atoms with Gasteiger partial charge in [0.05, 0.1) is 6.61 Å². The van der Waals surface area contributed by atoms with Crippen LogP contribution in [0.2, 0.25) is 0 Å². The third-order valence-electron chi connectivity index (χ3n) is 5.59. The van der Waals surface area contributed by atoms with Crippen LogP contribution >= 0.6 is 0 Å². The number of carbonyl (C=O) groups is 2. The van der Waals surface area contributed by atoms with Gasteiger partial charge in [0, 0.05) is 12.6 Å². The maximum absolute atomic E-state index is 12.6. The largest absolute Gasteiger partial charge is 0.490 e. The molecule has 3 rings (SSSR count). The number of esters is 1. The van der Waals surface area contributed by atoms with Gasteiger partial charge >= 0.3 is 5.97 Å². The highest BCUT2D eigenvalue weighted by Gasteiger charge is 2.50. The molecule has 2 fully saturated rings. The van der Waals surface area contributed by atoms with Crippen molar-refractivity contribution in [3.63, 3.8) is 0 Å². The van der Waals surface area contributed by atoms with Crippen molar-refractivity contribution in [3.05, 3.63) is 24.3 Å². The van der Waals surface area contributed by atoms with Crippen molar-refractivity contribution in [2.24, 2.45) is 10.8 Å². The van der Waals surface area contributed by atoms with Crippen LogP contribution in [0.3, 0.4) is 0 Å². The van der Waals surface area contributed by atoms with Gasteiger partial charge in [-0.3, -0.25) is 4.79 Å². The molecule has 1 aliphatic heterocycles. The van der Waals surface area contributed by atoms with Gasteiger partial charge in [0.2, 0.25) is 0 Å². The van der Waals surface area contributed by atoms with Crippen LogP contribution in [0.15, 0.2) is 24.3 Å². The minimum absolute atomic E-state index is 0.116. The van der Waals surface area contributed by atoms with Crippen LogP contribution < -0.4 is 9.47 Å². The van der Waals surface area contributed by atoms with Gasteiger partial charge in [-0.2, -0.15) is 0 Å². The van der Waals surface area contributed by atoms with Crippen molar-refractivity contribution in [2.75, 3.05) is 26.4 Å². The van der Waals surface area contributed by atoms with E-state index in [1.54, 1.807) is 18.2 Å². The Morgan fingerprint density at radius 2 is 1.75 bits per heavy atom. The second-order valence-corrected chi connectivity index (χ2v) is 9.06. The number of para-hydroxylation sites is 2. The van der Waals surface area contributed by atoms with Crippen molar-refractivity contribution >= 4 is 11.9 Å². The first-order valence-corrected chi connectivity index (χ1v) is 10.0. The highest BCUT2D eigenvalue weighted by molar-refractivity contribution is 5.81. The molecule has 1 saturated heterocycles. The van der Waals surface area contributed by atoms with Crippen molar-refractivity contribution in [1.29, 1.82) is 0 Å². The van der Waals surface area contributed by atoms with E-state index in [9.17, 15) is 9.59 Å². The Morgan fingerprint density at radius 1 is 1.07 bits per heavy atom. The van der Waals surface area contributed by atoms with E-state index < -0.39 is 5.97 Å². The van der Waals surface area contributed by atoms with Gasteiger partial charge in [-0.1, -0.05) is 32.9 Å². The lowest BCUT2D eigenvalue weighted by molar-refractivity contribution is -0.154. The van der Waals surface area contributed by atoms with E-state index in [4.69, 9.17) is 14.2 Å². The van der Waals surface area contributed by atoms with Crippen LogP contribution in [0.5, 0.6) is 11.5 Å². The number of amides is 1. The minimum Gasteiger partial charge on any atom is -0.490 e. The Kier molecular flexibility index (Phi) is 5.87. The van der Waals surface area contributed by atoms with Gasteiger partial charge in [0.15, 0.2) is 24.7 Å². The first kappa shape index (κ1) is 20.5. The Labute approximate surface area is 167 Å². The van der Waals surface area contributed by atoms with Crippen LogP contribution in [0.4, 0.5) is 0 Å². The van der Waals surface area contributed by atoms with E-state index in [1.165, 1.54) is 0 Å². The molecule has 1 heterocycles. The van der Waals surface area contributed by atoms with E-state index in [0.29, 0.717) is 18.1 Å². The second-order valence-electron chi connectivity index (χ2n) is 9.06. The number of benzene rings is 1. The predicted molar refractivity (Wildman–Crippen MR) is 105 cm³/mol. The summed E-state index contributed by atoms with van der Waals surface area (Å²) in [7, 11) is 0. The van der Waals surface area contributed by atoms with Crippen molar-refractivity contribution in [3.8, 4) is 11.5 Å². The summed E-state index contributed by atoms with van der Waals surface area (Å²) in [6.07, 6.45) is 3.15. The molecule has 2 unspecified atom stereocenters. The minimum atomic E-state index is -0.562. The Bertz CT molecular complexity index is 731. The maximum Gasteiger partial charge on any atom is 0.344 e. The summed E-state index contributed by atoms with van der Waals surface area (Å²) in [6.45, 7) is 9.43. The molecule has 2 bridgehead atoms. The lowest BCUT2D eigenvalue weighted by Crippen LogP contribution is -2.40. The SMILES string of the molecule is CCOc1ccccc1OCC(=O)OCC(=O)N1CC2(C)CC1CC(C)(C)C2. The molecule has 154 valence electrons. The third-order valence-corrected chi connectivity index (χ3v) is 5.59. The number of carbonyl (C=O) groups excluding carboxylic acids is 2. The molecule has 0 spiro atoms. The third kappa shape index (κ3) is 4.78. The van der Waals surface area contributed by atoms with E-state index in [1.807, 2.05) is 17.9 Å². The fourth-order valence-electron chi connectivity index (χ4n) is 5.00. The maximum atomic E-state index is 12.6. The lowest BCUT2D eigenvalue weighted by Gasteiger charge is -2.39. The van der Waals surface area contributed by atoms with Crippen LogP contribution in [-0.4, -0.2) is 49.2 Å². The van der Waals surface area contributed by atoms with Crippen LogP contribution in [0.25, 0.3) is 0 Å². The number of fused-ring (bicyclic) bond motifs is 2. The summed E-state index contributed by atoms with van der Waals surface area (Å²) >= 11 is 0. The van der Waals surface area contributed by atoms with Gasteiger partial charge < -0.3 is 19.1 Å². The molecule has 6 nitrogen and oxygen atoms in total. The zero-order chi connectivity index (χ0) is 20.4. The molecule has 1 amide bonds. The van der Waals surface area contributed by atoms with Crippen molar-refractivity contribution in [1.82, 2.24) is 4.90 Å². The Morgan fingerprint density at radius 3 is 2.43 bits per heavy atom. The van der Waals surface area contributed by atoms with Gasteiger partial charge in [0.25, 0.3) is 5.91 Å². The second kappa shape index (κ2) is 8.02. The smallest absolute Gasteiger partial charge is 0.344 e. The van der Waals surface area contributed by atoms with E-state index in [0.717, 1.165) is 25.8 Å². The van der Waals surface area contributed by atoms with E-state index in [-0.39, 0.29) is 36.0 Å². The van der Waals surface area contributed by atoms with Gasteiger partial charge in [-0.05, 0) is 49.1 Å². The molecule has 28 heavy (non-hydrogen) atoms. The van der Waals surface area contributed by atoms with Gasteiger partial charge in [-0.15, -0.1) is 0 Å². The zero-order valence-electron chi connectivity index (χ0n) is 17.3. The van der Waals surface area contributed by atoms with E-state index >= 15 is 0 Å². The zero-order valence-corrected chi connectivity index (χ0v) is 17.3. The highest BCUT2D eigenvalue weighted by Crippen LogP contribution is 2.52. The number of rotatable bonds is 7. The first-order valence-electron chi connectivity index (χ1n) is 10.0. The number of likely N-dealkylation sites (tertiary alicyclic amines) is 1. The first-order chi connectivity index (χ1) is 13.2. The summed E-state index contributed by atoms with van der Waals surface area (Å²) < 4.78 is 16.1. The summed E-state index contributed by atoms with van der Waals surface area (Å²) in [5.74, 6) is 0.382. The molecule has 2 atom stereocenters. The van der Waals surface area contributed by atoms with Gasteiger partial charge in [-0.25, -0.2) is 4.79 Å². The van der Waals surface area contributed by atoms with Crippen molar-refractivity contribution in [2.45, 2.75) is 53.0 Å². The topological polar surface area (TPSA) is 65.1 Å². The summed E-state index contributed by atoms with van der Waals surface area (Å²) in [4.78, 5) is 26.6. The lowest BCUT2D eigenvalue weighted by atomic mass is 9.65. The van der Waals surface area contributed by atoms with Crippen LogP contribution in [-0.2, 0) is 14.3 Å². The molecular weight excluding hydrogens is 358 g/mol. The molecule has 0 aromatic heterocycles. The number of hydrogen-bond acceptors (Lipinski definition) is 5. The molecular formula is C22H31NO5. The molecule has 1 saturated carbocycles. The van der Waals surface area contributed by atoms with Crippen LogP contribution in [0.1, 0.15) is 47.0 Å². The highest BCUT2D eigenvalue weighted by atomic mass is 16.6. The number of nitrogens with zero attached hydrogens (tertiary/aromatic N) is 1. The van der Waals surface area contributed by atoms with Crippen molar-refractivity contribution < 1.29 is 23.8 Å². The normalized spacial score (nSPS) is 25.3. The summed E-state index contributed by atoms with van der Waals surface area (Å²) in [6, 6.07) is 7.40. The summed E-state index contributed by atoms with van der Waals surface area (Å²) in [5.41, 5.74) is 0.406. The molecule has 2 aliphatic rings. The molecule has 1 aliphatic carbocycles. The average Bonchev–Trinajstić information content (AvgIpc) is 2.88. The number of hydrogen-bond donors (Lipinski definition) is 0. The molecule has 0 radical (unpaired) electrons. The fourth-order valence-corrected chi connectivity index (χ4v) is 5.00. The molecule has 1 aromatic rings. The Hall–Kier alpha value is -2.24. The van der Waals surface area contributed by atoms with E-state index in [2.05, 4.69) is 20.8 Å². The van der Waals surface area contributed by atoms with Gasteiger partial charge in [0.1, 0.15) is 0 Å². The molecule has 0 N–H and O–H groups in total. The Balaban J connectivity index is 1.48.